The molecule has 5 heteroatoms. The maximum Gasteiger partial charge on any atom is 0.245 e. The topological polar surface area (TPSA) is 61.4 Å². The Balaban J connectivity index is 1.74. The molecule has 2 aromatic rings. The highest BCUT2D eigenvalue weighted by Crippen LogP contribution is 2.31. The second kappa shape index (κ2) is 8.43. The highest BCUT2D eigenvalue weighted by atomic mass is 32.1. The largest absolute Gasteiger partial charge is 0.370 e. The molecule has 0 aromatic heterocycles. The van der Waals surface area contributed by atoms with Crippen LogP contribution < -0.4 is 10.8 Å². The van der Waals surface area contributed by atoms with Gasteiger partial charge in [0.25, 0.3) is 0 Å². The number of hydrogen-bond donors (Lipinski definition) is 3. The highest BCUT2D eigenvalue weighted by Gasteiger charge is 2.35. The molecule has 1 amide bonds. The maximum absolute atomic E-state index is 11.8. The van der Waals surface area contributed by atoms with Gasteiger partial charge in [0.2, 0.25) is 5.91 Å². The van der Waals surface area contributed by atoms with Crippen molar-refractivity contribution in [3.05, 3.63) is 60.2 Å². The molecule has 0 aliphatic heterocycles. The molecule has 0 atom stereocenters. The van der Waals surface area contributed by atoms with Gasteiger partial charge in [-0.1, -0.05) is 86.1 Å². The molecule has 0 radical (unpaired) electrons. The third-order valence-electron chi connectivity index (χ3n) is 5.07. The Morgan fingerprint density at radius 2 is 1.58 bits per heavy atom. The second-order valence-corrected chi connectivity index (χ2v) is 7.36. The van der Waals surface area contributed by atoms with Crippen molar-refractivity contribution in [3.8, 4) is 11.1 Å². The predicted molar refractivity (Wildman–Crippen MR) is 107 cm³/mol. The molecule has 0 heterocycles. The number of hydrogen-bond acceptors (Lipinski definition) is 3. The minimum absolute atomic E-state index is 0.228. The van der Waals surface area contributed by atoms with Crippen molar-refractivity contribution in [2.75, 3.05) is 0 Å². The quantitative estimate of drug-likeness (QED) is 0.420. The van der Waals surface area contributed by atoms with E-state index < -0.39 is 0 Å². The number of carbonyl (C=O) groups is 1. The number of amides is 1. The van der Waals surface area contributed by atoms with Gasteiger partial charge < -0.3 is 5.32 Å². The number of hydroxylamine groups is 1. The molecule has 0 spiro atoms. The van der Waals surface area contributed by atoms with E-state index >= 15 is 0 Å². The first kappa shape index (κ1) is 18.5. The van der Waals surface area contributed by atoms with E-state index in [4.69, 9.17) is 17.4 Å². The summed E-state index contributed by atoms with van der Waals surface area (Å²) >= 11 is 5.62. The number of benzene rings is 2. The number of thiocarbonyl (C=S) groups is 1. The molecule has 1 aliphatic rings. The molecule has 3 N–H and O–H groups in total. The van der Waals surface area contributed by atoms with Crippen molar-refractivity contribution in [2.24, 2.45) is 0 Å². The van der Waals surface area contributed by atoms with E-state index in [-0.39, 0.29) is 17.9 Å². The minimum atomic E-state index is -0.375. The van der Waals surface area contributed by atoms with E-state index in [1.54, 1.807) is 5.48 Å². The monoisotopic (exact) mass is 368 g/mol. The van der Waals surface area contributed by atoms with Crippen LogP contribution in [0, 0.1) is 0 Å². The van der Waals surface area contributed by atoms with Crippen molar-refractivity contribution >= 4 is 23.1 Å². The van der Waals surface area contributed by atoms with E-state index in [1.807, 2.05) is 30.3 Å². The van der Waals surface area contributed by atoms with Crippen LogP contribution in [0.3, 0.4) is 0 Å². The molecule has 1 aliphatic carbocycles. The summed E-state index contributed by atoms with van der Waals surface area (Å²) in [6.45, 7) is 0. The summed E-state index contributed by atoms with van der Waals surface area (Å²) in [4.78, 5) is 12.4. The molecule has 26 heavy (non-hydrogen) atoms. The average molecular weight is 369 g/mol. The molecule has 0 unspecified atom stereocenters. The number of rotatable bonds is 5. The number of carbonyl (C=O) groups excluding carboxylic acids is 1. The van der Waals surface area contributed by atoms with Gasteiger partial charge in [0.15, 0.2) is 0 Å². The first-order valence-electron chi connectivity index (χ1n) is 9.03. The summed E-state index contributed by atoms with van der Waals surface area (Å²) in [5.74, 6) is -0.373. The Bertz CT molecular complexity index is 753. The van der Waals surface area contributed by atoms with Crippen LogP contribution in [0.1, 0.15) is 44.1 Å². The van der Waals surface area contributed by atoms with Crippen molar-refractivity contribution < 1.29 is 10.0 Å². The van der Waals surface area contributed by atoms with Gasteiger partial charge in [-0.3, -0.25) is 10.0 Å². The van der Waals surface area contributed by atoms with Crippen LogP contribution in [0.25, 0.3) is 11.1 Å². The normalized spacial score (nSPS) is 15.9. The van der Waals surface area contributed by atoms with Gasteiger partial charge in [-0.25, -0.2) is 5.48 Å². The number of nitrogens with one attached hydrogen (secondary N) is 2. The standard InChI is InChI=1S/C21H24N2O2S/c24-19(23-25)15-21(13-5-2-6-14-21)22-20(26)18-11-9-17(10-12-18)16-7-3-1-4-8-16/h1,3-4,7-12,25H,2,5-6,13-15H2,(H,22,26)(H,23,24). The van der Waals surface area contributed by atoms with E-state index in [2.05, 4.69) is 29.6 Å². The Hall–Kier alpha value is -2.24. The highest BCUT2D eigenvalue weighted by molar-refractivity contribution is 7.80. The lowest BCUT2D eigenvalue weighted by Crippen LogP contribution is -2.52. The lowest BCUT2D eigenvalue weighted by molar-refractivity contribution is -0.130. The van der Waals surface area contributed by atoms with E-state index in [0.29, 0.717) is 4.99 Å². The maximum atomic E-state index is 11.8. The first-order valence-corrected chi connectivity index (χ1v) is 9.44. The van der Waals surface area contributed by atoms with Gasteiger partial charge >= 0.3 is 0 Å². The predicted octanol–water partition coefficient (Wildman–Crippen LogP) is 4.22. The van der Waals surface area contributed by atoms with Gasteiger partial charge in [-0.05, 0) is 24.0 Å². The smallest absolute Gasteiger partial charge is 0.245 e. The fourth-order valence-electron chi connectivity index (χ4n) is 3.68. The van der Waals surface area contributed by atoms with Crippen molar-refractivity contribution in [2.45, 2.75) is 44.1 Å². The third-order valence-corrected chi connectivity index (χ3v) is 5.40. The summed E-state index contributed by atoms with van der Waals surface area (Å²) in [5, 5.41) is 12.3. The zero-order chi connectivity index (χ0) is 18.4. The Morgan fingerprint density at radius 3 is 2.19 bits per heavy atom. The van der Waals surface area contributed by atoms with Crippen LogP contribution in [-0.4, -0.2) is 21.6 Å². The zero-order valence-electron chi connectivity index (χ0n) is 14.7. The third kappa shape index (κ3) is 4.48. The Labute approximate surface area is 159 Å². The minimum Gasteiger partial charge on any atom is -0.370 e. The molecule has 0 bridgehead atoms. The van der Waals surface area contributed by atoms with Crippen LogP contribution in [0.4, 0.5) is 0 Å². The molecular weight excluding hydrogens is 344 g/mol. The van der Waals surface area contributed by atoms with Crippen molar-refractivity contribution in [1.29, 1.82) is 0 Å². The fourth-order valence-corrected chi connectivity index (χ4v) is 4.03. The molecule has 3 rings (SSSR count). The zero-order valence-corrected chi connectivity index (χ0v) is 15.5. The van der Waals surface area contributed by atoms with Crippen LogP contribution in [0.5, 0.6) is 0 Å². The molecule has 2 aromatic carbocycles. The van der Waals surface area contributed by atoms with Gasteiger partial charge in [-0.15, -0.1) is 0 Å². The van der Waals surface area contributed by atoms with Crippen LogP contribution in [-0.2, 0) is 4.79 Å². The van der Waals surface area contributed by atoms with Gasteiger partial charge in [0.05, 0.1) is 6.42 Å². The summed E-state index contributed by atoms with van der Waals surface area (Å²) in [7, 11) is 0. The first-order chi connectivity index (χ1) is 12.6. The van der Waals surface area contributed by atoms with E-state index in [1.165, 1.54) is 12.0 Å². The van der Waals surface area contributed by atoms with E-state index in [9.17, 15) is 4.79 Å². The van der Waals surface area contributed by atoms with Crippen LogP contribution in [0.15, 0.2) is 54.6 Å². The molecular formula is C21H24N2O2S. The van der Waals surface area contributed by atoms with Crippen molar-refractivity contribution in [3.63, 3.8) is 0 Å². The Kier molecular flexibility index (Phi) is 6.01. The summed E-state index contributed by atoms with van der Waals surface area (Å²) in [6.07, 6.45) is 5.27. The van der Waals surface area contributed by atoms with Crippen molar-refractivity contribution in [1.82, 2.24) is 10.8 Å². The van der Waals surface area contributed by atoms with Crippen LogP contribution in [0.2, 0.25) is 0 Å². The second-order valence-electron chi connectivity index (χ2n) is 6.95. The summed E-state index contributed by atoms with van der Waals surface area (Å²) < 4.78 is 0. The Morgan fingerprint density at radius 1 is 0.962 bits per heavy atom. The summed E-state index contributed by atoms with van der Waals surface area (Å²) in [5.41, 5.74) is 4.63. The van der Waals surface area contributed by atoms with Crippen LogP contribution >= 0.6 is 12.2 Å². The molecule has 1 saturated carbocycles. The summed E-state index contributed by atoms with van der Waals surface area (Å²) in [6, 6.07) is 18.4. The lowest BCUT2D eigenvalue weighted by atomic mass is 9.79. The van der Waals surface area contributed by atoms with E-state index in [0.717, 1.165) is 36.8 Å². The molecule has 1 fully saturated rings. The van der Waals surface area contributed by atoms with Gasteiger partial charge in [-0.2, -0.15) is 0 Å². The molecule has 136 valence electrons. The average Bonchev–Trinajstić information content (AvgIpc) is 2.69. The molecule has 0 saturated heterocycles. The van der Waals surface area contributed by atoms with Gasteiger partial charge in [0, 0.05) is 11.1 Å². The SMILES string of the molecule is O=C(CC1(NC(=S)c2ccc(-c3ccccc3)cc2)CCCCC1)NO. The van der Waals surface area contributed by atoms with Gasteiger partial charge in [0.1, 0.15) is 4.99 Å². The molecule has 4 nitrogen and oxygen atoms in total. The lowest BCUT2D eigenvalue weighted by Gasteiger charge is -2.38. The fraction of sp³-hybridized carbons (Fsp3) is 0.333.